The number of ether oxygens (including phenoxy) is 1. The molecular formula is C15H12Br2ClNO3. The largest absolute Gasteiger partial charge is 0.506 e. The molecule has 4 nitrogen and oxygen atoms in total. The van der Waals surface area contributed by atoms with Crippen molar-refractivity contribution in [3.05, 3.63) is 43.8 Å². The third-order valence-electron chi connectivity index (χ3n) is 2.72. The predicted octanol–water partition coefficient (Wildman–Crippen LogP) is 5.43. The van der Waals surface area contributed by atoms with Gasteiger partial charge in [0.25, 0.3) is 0 Å². The molecule has 0 aliphatic heterocycles. The van der Waals surface area contributed by atoms with Crippen molar-refractivity contribution in [1.82, 2.24) is 0 Å². The topological polar surface area (TPSA) is 62.0 Å². The minimum absolute atomic E-state index is 0.0214. The average molecular weight is 450 g/mol. The zero-order chi connectivity index (χ0) is 16.3. The molecule has 0 spiro atoms. The molecule has 0 aliphatic carbocycles. The van der Waals surface area contributed by atoms with Gasteiger partial charge in [-0.1, -0.05) is 11.6 Å². The maximum Gasteiger partial charge on any atom is 0.166 e. The van der Waals surface area contributed by atoms with Crippen molar-refractivity contribution in [2.75, 3.05) is 6.61 Å². The SMILES string of the molecule is CCOc1cc(Cl)cc(C=Nc2cc(Br)c(O)c(Br)c2)c1O. The minimum atomic E-state index is -0.0214. The molecular weight excluding hydrogens is 437 g/mol. The lowest BCUT2D eigenvalue weighted by Crippen LogP contribution is -1.94. The van der Waals surface area contributed by atoms with Crippen molar-refractivity contribution < 1.29 is 14.9 Å². The molecule has 116 valence electrons. The zero-order valence-electron chi connectivity index (χ0n) is 11.5. The van der Waals surface area contributed by atoms with Gasteiger partial charge in [0.05, 0.1) is 21.2 Å². The summed E-state index contributed by atoms with van der Waals surface area (Å²) < 4.78 is 6.35. The molecule has 0 unspecified atom stereocenters. The second-order valence-corrected chi connectivity index (χ2v) is 6.44. The van der Waals surface area contributed by atoms with Crippen LogP contribution in [0.25, 0.3) is 0 Å². The molecule has 0 radical (unpaired) electrons. The minimum Gasteiger partial charge on any atom is -0.506 e. The van der Waals surface area contributed by atoms with E-state index in [0.29, 0.717) is 37.6 Å². The van der Waals surface area contributed by atoms with Crippen LogP contribution >= 0.6 is 43.5 Å². The Hall–Kier alpha value is -1.24. The van der Waals surface area contributed by atoms with Gasteiger partial charge < -0.3 is 14.9 Å². The molecule has 0 aromatic heterocycles. The molecule has 2 aromatic rings. The van der Waals surface area contributed by atoms with Crippen LogP contribution in [-0.4, -0.2) is 23.0 Å². The number of nitrogens with zero attached hydrogens (tertiary/aromatic N) is 1. The number of aliphatic imine (C=N–C) groups is 1. The highest BCUT2D eigenvalue weighted by Gasteiger charge is 2.10. The summed E-state index contributed by atoms with van der Waals surface area (Å²) in [6, 6.07) is 6.45. The molecule has 0 saturated carbocycles. The Morgan fingerprint density at radius 2 is 1.77 bits per heavy atom. The molecule has 2 N–H and O–H groups in total. The second-order valence-electron chi connectivity index (χ2n) is 4.29. The van der Waals surface area contributed by atoms with E-state index in [-0.39, 0.29) is 11.5 Å². The van der Waals surface area contributed by atoms with E-state index in [1.807, 2.05) is 6.92 Å². The van der Waals surface area contributed by atoms with Gasteiger partial charge in [0.15, 0.2) is 11.5 Å². The fourth-order valence-electron chi connectivity index (χ4n) is 1.73. The van der Waals surface area contributed by atoms with E-state index in [9.17, 15) is 10.2 Å². The van der Waals surface area contributed by atoms with Gasteiger partial charge in [-0.15, -0.1) is 0 Å². The van der Waals surface area contributed by atoms with Crippen LogP contribution in [0.15, 0.2) is 38.2 Å². The van der Waals surface area contributed by atoms with Crippen molar-refractivity contribution >= 4 is 55.4 Å². The van der Waals surface area contributed by atoms with Gasteiger partial charge in [-0.3, -0.25) is 4.99 Å². The lowest BCUT2D eigenvalue weighted by molar-refractivity contribution is 0.318. The van der Waals surface area contributed by atoms with Crippen LogP contribution in [0.1, 0.15) is 12.5 Å². The van der Waals surface area contributed by atoms with Gasteiger partial charge in [-0.25, -0.2) is 0 Å². The first-order chi connectivity index (χ1) is 10.4. The standard InChI is InChI=1S/C15H12Br2ClNO3/c1-2-22-13-4-9(18)3-8(14(13)20)7-19-10-5-11(16)15(21)12(17)6-10/h3-7,20-21H,2H2,1H3. The van der Waals surface area contributed by atoms with E-state index < -0.39 is 0 Å². The highest BCUT2D eigenvalue weighted by molar-refractivity contribution is 9.11. The lowest BCUT2D eigenvalue weighted by Gasteiger charge is -2.08. The number of aromatic hydroxyl groups is 2. The molecule has 0 amide bonds. The first-order valence-electron chi connectivity index (χ1n) is 6.29. The highest BCUT2D eigenvalue weighted by atomic mass is 79.9. The highest BCUT2D eigenvalue weighted by Crippen LogP contribution is 2.37. The molecule has 0 heterocycles. The number of benzene rings is 2. The number of halogens is 3. The van der Waals surface area contributed by atoms with E-state index >= 15 is 0 Å². The number of phenolic OH excluding ortho intramolecular Hbond substituents is 2. The van der Waals surface area contributed by atoms with Crippen LogP contribution < -0.4 is 4.74 Å². The van der Waals surface area contributed by atoms with Crippen LogP contribution in [0.5, 0.6) is 17.2 Å². The first kappa shape index (κ1) is 17.1. The fourth-order valence-corrected chi connectivity index (χ4v) is 3.11. The molecule has 2 rings (SSSR count). The Kier molecular flexibility index (Phi) is 5.72. The van der Waals surface area contributed by atoms with Crippen molar-refractivity contribution in [1.29, 1.82) is 0 Å². The number of hydrogen-bond donors (Lipinski definition) is 2. The Morgan fingerprint density at radius 1 is 1.14 bits per heavy atom. The summed E-state index contributed by atoms with van der Waals surface area (Å²) in [5, 5.41) is 20.3. The predicted molar refractivity (Wildman–Crippen MR) is 95.0 cm³/mol. The van der Waals surface area contributed by atoms with E-state index in [4.69, 9.17) is 16.3 Å². The van der Waals surface area contributed by atoms with Crippen molar-refractivity contribution in [2.45, 2.75) is 6.92 Å². The summed E-state index contributed by atoms with van der Waals surface area (Å²) >= 11 is 12.5. The van der Waals surface area contributed by atoms with Crippen LogP contribution in [0.3, 0.4) is 0 Å². The second kappa shape index (κ2) is 7.35. The summed E-state index contributed by atoms with van der Waals surface area (Å²) in [6.45, 7) is 2.24. The quantitative estimate of drug-likeness (QED) is 0.613. The average Bonchev–Trinajstić information content (AvgIpc) is 2.46. The fraction of sp³-hybridized carbons (Fsp3) is 0.133. The summed E-state index contributed by atoms with van der Waals surface area (Å²) in [6.07, 6.45) is 1.48. The normalized spacial score (nSPS) is 11.1. The molecule has 22 heavy (non-hydrogen) atoms. The summed E-state index contributed by atoms with van der Waals surface area (Å²) in [7, 11) is 0. The van der Waals surface area contributed by atoms with Gasteiger partial charge in [0.1, 0.15) is 5.75 Å². The van der Waals surface area contributed by atoms with E-state index in [1.54, 1.807) is 24.3 Å². The van der Waals surface area contributed by atoms with Gasteiger partial charge in [-0.05, 0) is 57.0 Å². The van der Waals surface area contributed by atoms with E-state index in [2.05, 4.69) is 36.9 Å². The van der Waals surface area contributed by atoms with Gasteiger partial charge >= 0.3 is 0 Å². The Labute approximate surface area is 149 Å². The molecule has 0 fully saturated rings. The third-order valence-corrected chi connectivity index (χ3v) is 4.15. The van der Waals surface area contributed by atoms with Crippen LogP contribution in [-0.2, 0) is 0 Å². The maximum atomic E-state index is 10.1. The molecule has 0 atom stereocenters. The Morgan fingerprint density at radius 3 is 2.36 bits per heavy atom. The Balaban J connectivity index is 2.38. The lowest BCUT2D eigenvalue weighted by atomic mass is 10.2. The maximum absolute atomic E-state index is 10.1. The monoisotopic (exact) mass is 447 g/mol. The molecule has 0 aliphatic rings. The van der Waals surface area contributed by atoms with Crippen LogP contribution in [0.4, 0.5) is 5.69 Å². The summed E-state index contributed by atoms with van der Waals surface area (Å²) in [5.74, 6) is 0.389. The van der Waals surface area contributed by atoms with Gasteiger partial charge in [0.2, 0.25) is 0 Å². The Bertz CT molecular complexity index is 712. The molecule has 0 saturated heterocycles. The smallest absolute Gasteiger partial charge is 0.166 e. The zero-order valence-corrected chi connectivity index (χ0v) is 15.4. The number of phenols is 2. The van der Waals surface area contributed by atoms with Crippen LogP contribution in [0.2, 0.25) is 5.02 Å². The molecule has 2 aromatic carbocycles. The summed E-state index contributed by atoms with van der Waals surface area (Å²) in [4.78, 5) is 4.27. The van der Waals surface area contributed by atoms with Gasteiger partial charge in [0, 0.05) is 22.9 Å². The number of rotatable bonds is 4. The third kappa shape index (κ3) is 3.94. The van der Waals surface area contributed by atoms with E-state index in [1.165, 1.54) is 6.21 Å². The first-order valence-corrected chi connectivity index (χ1v) is 8.26. The summed E-state index contributed by atoms with van der Waals surface area (Å²) in [5.41, 5.74) is 1.03. The number of hydrogen-bond acceptors (Lipinski definition) is 4. The molecule has 0 bridgehead atoms. The van der Waals surface area contributed by atoms with Crippen molar-refractivity contribution in [3.8, 4) is 17.2 Å². The molecule has 7 heteroatoms. The van der Waals surface area contributed by atoms with Crippen molar-refractivity contribution in [2.24, 2.45) is 4.99 Å². The van der Waals surface area contributed by atoms with Gasteiger partial charge in [-0.2, -0.15) is 0 Å². The van der Waals surface area contributed by atoms with Crippen molar-refractivity contribution in [3.63, 3.8) is 0 Å². The van der Waals surface area contributed by atoms with Crippen LogP contribution in [0, 0.1) is 0 Å². The van der Waals surface area contributed by atoms with E-state index in [0.717, 1.165) is 0 Å².